The highest BCUT2D eigenvalue weighted by atomic mass is 32.1. The molecule has 1 unspecified atom stereocenters. The van der Waals surface area contributed by atoms with Crippen molar-refractivity contribution in [1.82, 2.24) is 5.32 Å². The number of aryl methyl sites for hydroxylation is 1. The first-order chi connectivity index (χ1) is 9.65. The lowest BCUT2D eigenvalue weighted by Gasteiger charge is -2.16. The lowest BCUT2D eigenvalue weighted by molar-refractivity contribution is 0.0945. The van der Waals surface area contributed by atoms with Crippen LogP contribution in [0.15, 0.2) is 18.2 Å². The van der Waals surface area contributed by atoms with E-state index in [1.807, 2.05) is 12.2 Å². The second kappa shape index (κ2) is 5.70. The predicted octanol–water partition coefficient (Wildman–Crippen LogP) is 2.54. The van der Waals surface area contributed by atoms with Gasteiger partial charge in [0, 0.05) is 23.4 Å². The molecule has 20 heavy (non-hydrogen) atoms. The van der Waals surface area contributed by atoms with Gasteiger partial charge in [-0.25, -0.2) is 0 Å². The number of amides is 1. The maximum atomic E-state index is 12.3. The average Bonchev–Trinajstić information content (AvgIpc) is 3.04. The summed E-state index contributed by atoms with van der Waals surface area (Å²) in [6.07, 6.45) is 8.25. The van der Waals surface area contributed by atoms with Crippen LogP contribution in [0, 0.1) is 11.8 Å². The van der Waals surface area contributed by atoms with Crippen molar-refractivity contribution in [1.29, 1.82) is 0 Å². The number of hydrogen-bond acceptors (Lipinski definition) is 3. The molecular weight excluding hydrogens is 270 g/mol. The molecule has 0 saturated carbocycles. The Balaban J connectivity index is 1.65. The third-order valence-corrected chi connectivity index (χ3v) is 5.51. The summed E-state index contributed by atoms with van der Waals surface area (Å²) in [6, 6.07) is 2.14. The summed E-state index contributed by atoms with van der Waals surface area (Å²) in [4.78, 5) is 14.5. The Hall–Kier alpha value is -1.13. The fourth-order valence-electron chi connectivity index (χ4n) is 3.07. The van der Waals surface area contributed by atoms with Gasteiger partial charge in [0.1, 0.15) is 0 Å². The number of carbonyl (C=O) groups is 1. The number of nitrogens with one attached hydrogen (secondary N) is 1. The molecule has 2 aliphatic rings. The zero-order valence-corrected chi connectivity index (χ0v) is 12.6. The van der Waals surface area contributed by atoms with Gasteiger partial charge in [-0.2, -0.15) is 0 Å². The van der Waals surface area contributed by atoms with E-state index in [2.05, 4.69) is 18.3 Å². The van der Waals surface area contributed by atoms with Crippen molar-refractivity contribution in [3.8, 4) is 0 Å². The van der Waals surface area contributed by atoms with Gasteiger partial charge in [0.05, 0.1) is 4.88 Å². The van der Waals surface area contributed by atoms with Crippen molar-refractivity contribution in [2.75, 3.05) is 6.61 Å². The van der Waals surface area contributed by atoms with Crippen molar-refractivity contribution in [3.63, 3.8) is 0 Å². The first-order valence-electron chi connectivity index (χ1n) is 7.37. The van der Waals surface area contributed by atoms with Crippen LogP contribution in [0.25, 0.3) is 0 Å². The van der Waals surface area contributed by atoms with Crippen LogP contribution in [0.1, 0.15) is 39.9 Å². The molecule has 0 bridgehead atoms. The summed E-state index contributed by atoms with van der Waals surface area (Å²) in [7, 11) is 0. The Morgan fingerprint density at radius 3 is 3.10 bits per heavy atom. The summed E-state index contributed by atoms with van der Waals surface area (Å²) >= 11 is 1.65. The standard InChI is InChI=1S/C16H21NO2S/c1-10-2-5-14-12(6-10)8-15(20-14)16(19)17-13-4-3-11(7-13)9-18/h3-4,8,10-11,13,18H,2,5-7,9H2,1H3,(H,17,19)/t10?,11-,13+/m0/s1. The molecule has 3 atom stereocenters. The monoisotopic (exact) mass is 291 g/mol. The zero-order chi connectivity index (χ0) is 14.1. The predicted molar refractivity (Wildman–Crippen MR) is 81.1 cm³/mol. The Kier molecular flexibility index (Phi) is 3.94. The van der Waals surface area contributed by atoms with E-state index in [0.29, 0.717) is 0 Å². The molecule has 1 heterocycles. The van der Waals surface area contributed by atoms with Crippen LogP contribution in [0.2, 0.25) is 0 Å². The molecule has 2 aliphatic carbocycles. The van der Waals surface area contributed by atoms with Crippen molar-refractivity contribution in [3.05, 3.63) is 33.5 Å². The van der Waals surface area contributed by atoms with Crippen molar-refractivity contribution in [2.45, 2.75) is 38.6 Å². The van der Waals surface area contributed by atoms with E-state index in [9.17, 15) is 4.79 Å². The molecule has 0 spiro atoms. The quantitative estimate of drug-likeness (QED) is 0.841. The fraction of sp³-hybridized carbons (Fsp3) is 0.562. The number of aliphatic hydroxyl groups excluding tert-OH is 1. The minimum Gasteiger partial charge on any atom is -0.396 e. The zero-order valence-electron chi connectivity index (χ0n) is 11.8. The maximum Gasteiger partial charge on any atom is 0.261 e. The van der Waals surface area contributed by atoms with Crippen molar-refractivity contribution >= 4 is 17.2 Å². The van der Waals surface area contributed by atoms with Crippen LogP contribution in [0.4, 0.5) is 0 Å². The van der Waals surface area contributed by atoms with Gasteiger partial charge in [0.2, 0.25) is 0 Å². The number of thiophene rings is 1. The van der Waals surface area contributed by atoms with Gasteiger partial charge < -0.3 is 10.4 Å². The van der Waals surface area contributed by atoms with Crippen LogP contribution in [-0.2, 0) is 12.8 Å². The highest BCUT2D eigenvalue weighted by Crippen LogP contribution is 2.32. The van der Waals surface area contributed by atoms with E-state index in [-0.39, 0.29) is 24.5 Å². The molecule has 0 aromatic carbocycles. The molecule has 1 aromatic rings. The molecule has 3 nitrogen and oxygen atoms in total. The number of fused-ring (bicyclic) bond motifs is 1. The number of aliphatic hydroxyl groups is 1. The van der Waals surface area contributed by atoms with Crippen molar-refractivity contribution < 1.29 is 9.90 Å². The van der Waals surface area contributed by atoms with Crippen molar-refractivity contribution in [2.24, 2.45) is 11.8 Å². The van der Waals surface area contributed by atoms with Gasteiger partial charge in [-0.05, 0) is 43.2 Å². The fourth-order valence-corrected chi connectivity index (χ4v) is 4.19. The topological polar surface area (TPSA) is 49.3 Å². The van der Waals surface area contributed by atoms with Crippen LogP contribution in [0.3, 0.4) is 0 Å². The molecule has 1 aromatic heterocycles. The van der Waals surface area contributed by atoms with E-state index >= 15 is 0 Å². The Bertz CT molecular complexity index is 535. The van der Waals surface area contributed by atoms with Gasteiger partial charge in [0.25, 0.3) is 5.91 Å². The van der Waals surface area contributed by atoms with Gasteiger partial charge in [0.15, 0.2) is 0 Å². The molecule has 0 radical (unpaired) electrons. The van der Waals surface area contributed by atoms with E-state index in [4.69, 9.17) is 5.11 Å². The number of hydrogen-bond donors (Lipinski definition) is 2. The van der Waals surface area contributed by atoms with Gasteiger partial charge in [-0.3, -0.25) is 4.79 Å². The molecule has 108 valence electrons. The summed E-state index contributed by atoms with van der Waals surface area (Å²) in [5, 5.41) is 12.2. The Morgan fingerprint density at radius 1 is 1.50 bits per heavy atom. The lowest BCUT2D eigenvalue weighted by atomic mass is 9.90. The summed E-state index contributed by atoms with van der Waals surface area (Å²) in [5.41, 5.74) is 1.37. The second-order valence-corrected chi connectivity index (χ2v) is 7.19. The third kappa shape index (κ3) is 2.81. The molecule has 2 N–H and O–H groups in total. The van der Waals surface area contributed by atoms with Gasteiger partial charge in [-0.1, -0.05) is 19.1 Å². The van der Waals surface area contributed by atoms with E-state index in [0.717, 1.165) is 30.1 Å². The van der Waals surface area contributed by atoms with Gasteiger partial charge in [-0.15, -0.1) is 11.3 Å². The Morgan fingerprint density at radius 2 is 2.35 bits per heavy atom. The Labute approximate surface area is 123 Å². The van der Waals surface area contributed by atoms with E-state index in [1.54, 1.807) is 11.3 Å². The highest BCUT2D eigenvalue weighted by Gasteiger charge is 2.23. The lowest BCUT2D eigenvalue weighted by Crippen LogP contribution is -2.32. The summed E-state index contributed by atoms with van der Waals surface area (Å²) < 4.78 is 0. The average molecular weight is 291 g/mol. The summed E-state index contributed by atoms with van der Waals surface area (Å²) in [6.45, 7) is 2.44. The van der Waals surface area contributed by atoms with Crippen LogP contribution >= 0.6 is 11.3 Å². The molecule has 0 saturated heterocycles. The molecular formula is C16H21NO2S. The molecule has 0 fully saturated rings. The van der Waals surface area contributed by atoms with Crippen LogP contribution in [0.5, 0.6) is 0 Å². The molecule has 4 heteroatoms. The minimum atomic E-state index is 0.0327. The SMILES string of the molecule is CC1CCc2sc(C(=O)N[C@@H]3C=C[C@H](CO)C3)cc2C1. The van der Waals surface area contributed by atoms with E-state index < -0.39 is 0 Å². The third-order valence-electron chi connectivity index (χ3n) is 4.28. The van der Waals surface area contributed by atoms with Crippen LogP contribution < -0.4 is 5.32 Å². The number of rotatable bonds is 3. The largest absolute Gasteiger partial charge is 0.396 e. The first kappa shape index (κ1) is 13.8. The normalized spacial score (nSPS) is 28.4. The summed E-state index contributed by atoms with van der Waals surface area (Å²) in [5.74, 6) is 0.957. The number of carbonyl (C=O) groups excluding carboxylic acids is 1. The molecule has 0 aliphatic heterocycles. The van der Waals surface area contributed by atoms with E-state index in [1.165, 1.54) is 16.9 Å². The van der Waals surface area contributed by atoms with Gasteiger partial charge >= 0.3 is 0 Å². The maximum absolute atomic E-state index is 12.3. The smallest absolute Gasteiger partial charge is 0.261 e. The first-order valence-corrected chi connectivity index (χ1v) is 8.19. The molecule has 1 amide bonds. The minimum absolute atomic E-state index is 0.0327. The molecule has 3 rings (SSSR count). The van der Waals surface area contributed by atoms with Crippen LogP contribution in [-0.4, -0.2) is 23.7 Å². The highest BCUT2D eigenvalue weighted by molar-refractivity contribution is 7.14. The second-order valence-electron chi connectivity index (χ2n) is 6.05.